The zero-order valence-electron chi connectivity index (χ0n) is 17.0. The molecule has 0 radical (unpaired) electrons. The predicted molar refractivity (Wildman–Crippen MR) is 119 cm³/mol. The van der Waals surface area contributed by atoms with Crippen LogP contribution in [0.4, 0.5) is 16.3 Å². The maximum absolute atomic E-state index is 11.9. The van der Waals surface area contributed by atoms with Gasteiger partial charge in [-0.05, 0) is 62.4 Å². The highest BCUT2D eigenvalue weighted by Gasteiger charge is 2.22. The molecular weight excluding hydrogens is 414 g/mol. The Morgan fingerprint density at radius 1 is 1.29 bits per heavy atom. The average Bonchev–Trinajstić information content (AvgIpc) is 3.35. The predicted octanol–water partition coefficient (Wildman–Crippen LogP) is 4.41. The van der Waals surface area contributed by atoms with Crippen molar-refractivity contribution in [3.05, 3.63) is 60.4 Å². The summed E-state index contributed by atoms with van der Waals surface area (Å²) in [5.74, 6) is 2.55. The fourth-order valence-corrected chi connectivity index (χ4v) is 4.20. The number of fused-ring (bicyclic) bond motifs is 1. The molecule has 9 nitrogen and oxygen atoms in total. The molecule has 2 aliphatic rings. The van der Waals surface area contributed by atoms with Crippen molar-refractivity contribution in [3.63, 3.8) is 0 Å². The van der Waals surface area contributed by atoms with E-state index >= 15 is 0 Å². The van der Waals surface area contributed by atoms with Gasteiger partial charge in [0.05, 0.1) is 12.7 Å². The third-order valence-corrected chi connectivity index (χ3v) is 6.10. The monoisotopic (exact) mass is 437 g/mol. The summed E-state index contributed by atoms with van der Waals surface area (Å²) in [7, 11) is 0. The van der Waals surface area contributed by atoms with Crippen molar-refractivity contribution in [1.29, 1.82) is 0 Å². The average molecular weight is 438 g/mol. The molecule has 3 aromatic rings. The number of H-pyrrole nitrogens is 1. The number of aryl methyl sites for hydroxylation is 1. The zero-order chi connectivity index (χ0) is 21.2. The van der Waals surface area contributed by atoms with Crippen molar-refractivity contribution in [2.24, 2.45) is 0 Å². The first-order valence-electron chi connectivity index (χ1n) is 10.2. The molecule has 5 rings (SSSR count). The molecule has 1 saturated carbocycles. The molecule has 3 heterocycles. The van der Waals surface area contributed by atoms with E-state index in [2.05, 4.69) is 30.1 Å². The molecule has 1 aromatic carbocycles. The minimum atomic E-state index is -0.389. The van der Waals surface area contributed by atoms with Crippen LogP contribution in [0.2, 0.25) is 0 Å². The summed E-state index contributed by atoms with van der Waals surface area (Å²) >= 11 is 1.59. The summed E-state index contributed by atoms with van der Waals surface area (Å²) in [6.45, 7) is 2.62. The van der Waals surface area contributed by atoms with Gasteiger partial charge in [-0.15, -0.1) is 0 Å². The number of carbonyl (C=O) groups excluding carboxylic acids is 1. The summed E-state index contributed by atoms with van der Waals surface area (Å²) in [5.41, 5.74) is 1.70. The van der Waals surface area contributed by atoms with Crippen LogP contribution in [0.1, 0.15) is 30.8 Å². The highest BCUT2D eigenvalue weighted by Crippen LogP contribution is 2.31. The molecule has 0 unspecified atom stereocenters. The largest absolute Gasteiger partial charge is 0.446 e. The topological polar surface area (TPSA) is 100 Å². The fourth-order valence-electron chi connectivity index (χ4n) is 3.34. The van der Waals surface area contributed by atoms with E-state index in [0.29, 0.717) is 6.54 Å². The van der Waals surface area contributed by atoms with Crippen molar-refractivity contribution >= 4 is 35.4 Å². The zero-order valence-corrected chi connectivity index (χ0v) is 17.9. The van der Waals surface area contributed by atoms with Crippen LogP contribution in [-0.4, -0.2) is 36.3 Å². The number of aromatic nitrogens is 4. The number of aromatic amines is 1. The summed E-state index contributed by atoms with van der Waals surface area (Å²) in [5, 5.41) is 13.3. The molecule has 1 fully saturated rings. The SMILES string of the molecule is Cc1cc(NC2=CN(Sc3ccc(NC(=O)OC4CCC4)cc3)Cc3nccn32)n[nH]1. The number of benzene rings is 1. The van der Waals surface area contributed by atoms with Gasteiger partial charge in [0, 0.05) is 34.7 Å². The molecular formula is C21H23N7O2S. The number of ether oxygens (including phenoxy) is 1. The van der Waals surface area contributed by atoms with E-state index in [0.717, 1.165) is 53.0 Å². The first kappa shape index (κ1) is 19.6. The van der Waals surface area contributed by atoms with E-state index in [1.54, 1.807) is 18.1 Å². The molecule has 0 atom stereocenters. The van der Waals surface area contributed by atoms with Crippen LogP contribution >= 0.6 is 11.9 Å². The van der Waals surface area contributed by atoms with Gasteiger partial charge in [0.2, 0.25) is 0 Å². The normalized spacial score (nSPS) is 15.6. The van der Waals surface area contributed by atoms with Crippen LogP contribution in [0.3, 0.4) is 0 Å². The highest BCUT2D eigenvalue weighted by molar-refractivity contribution is 7.97. The number of nitrogens with one attached hydrogen (secondary N) is 3. The molecule has 0 spiro atoms. The molecule has 10 heteroatoms. The maximum atomic E-state index is 11.9. The summed E-state index contributed by atoms with van der Waals surface area (Å²) in [6, 6.07) is 9.66. The van der Waals surface area contributed by atoms with Crippen molar-refractivity contribution in [1.82, 2.24) is 24.1 Å². The van der Waals surface area contributed by atoms with Crippen molar-refractivity contribution in [2.45, 2.75) is 43.7 Å². The van der Waals surface area contributed by atoms with E-state index in [4.69, 9.17) is 4.74 Å². The standard InChI is InChI=1S/C21H23N7O2S/c1-14-11-18(26-25-14)24-20-13-27(12-19-22-9-10-28(19)20)31-17-7-5-15(6-8-17)23-21(29)30-16-3-2-4-16/h5-11,13,16H,2-4,12H2,1H3,(H,23,29)(H2,24,25,26). The lowest BCUT2D eigenvalue weighted by molar-refractivity contribution is 0.0624. The van der Waals surface area contributed by atoms with Crippen molar-refractivity contribution in [2.75, 3.05) is 10.6 Å². The molecule has 1 aliphatic heterocycles. The number of hydrogen-bond donors (Lipinski definition) is 3. The summed E-state index contributed by atoms with van der Waals surface area (Å²) < 4.78 is 9.46. The number of hydrogen-bond acceptors (Lipinski definition) is 7. The van der Waals surface area contributed by atoms with Crippen LogP contribution in [0, 0.1) is 6.92 Å². The third kappa shape index (κ3) is 4.53. The summed E-state index contributed by atoms with van der Waals surface area (Å²) in [4.78, 5) is 17.4. The molecule has 0 bridgehead atoms. The Morgan fingerprint density at radius 2 is 2.13 bits per heavy atom. The second-order valence-corrected chi connectivity index (χ2v) is 8.69. The molecule has 1 aliphatic carbocycles. The molecule has 0 saturated heterocycles. The Hall–Kier alpha value is -3.40. The van der Waals surface area contributed by atoms with E-state index in [1.165, 1.54) is 0 Å². The lowest BCUT2D eigenvalue weighted by atomic mass is 9.96. The van der Waals surface area contributed by atoms with Gasteiger partial charge in [-0.2, -0.15) is 5.10 Å². The number of anilines is 2. The van der Waals surface area contributed by atoms with Crippen LogP contribution in [-0.2, 0) is 11.3 Å². The van der Waals surface area contributed by atoms with Crippen LogP contribution in [0.15, 0.2) is 53.8 Å². The second kappa shape index (κ2) is 8.38. The van der Waals surface area contributed by atoms with Gasteiger partial charge in [0.15, 0.2) is 5.82 Å². The number of imidazole rings is 1. The third-order valence-electron chi connectivity index (χ3n) is 5.15. The highest BCUT2D eigenvalue weighted by atomic mass is 32.2. The Labute approximate surface area is 184 Å². The van der Waals surface area contributed by atoms with Gasteiger partial charge in [-0.3, -0.25) is 15.0 Å². The number of carbonyl (C=O) groups is 1. The van der Waals surface area contributed by atoms with E-state index in [9.17, 15) is 4.79 Å². The minimum Gasteiger partial charge on any atom is -0.446 e. The first-order valence-corrected chi connectivity index (χ1v) is 11.0. The minimum absolute atomic E-state index is 0.0708. The molecule has 31 heavy (non-hydrogen) atoms. The van der Waals surface area contributed by atoms with E-state index < -0.39 is 0 Å². The van der Waals surface area contributed by atoms with Crippen molar-refractivity contribution < 1.29 is 9.53 Å². The van der Waals surface area contributed by atoms with E-state index in [1.807, 2.05) is 54.2 Å². The Kier molecular flexibility index (Phi) is 5.29. The fraction of sp³-hybridized carbons (Fsp3) is 0.286. The van der Waals surface area contributed by atoms with Crippen molar-refractivity contribution in [3.8, 4) is 0 Å². The number of nitrogens with zero attached hydrogens (tertiary/aromatic N) is 4. The smallest absolute Gasteiger partial charge is 0.411 e. The van der Waals surface area contributed by atoms with Crippen LogP contribution in [0.25, 0.3) is 5.82 Å². The number of amides is 1. The van der Waals surface area contributed by atoms with E-state index in [-0.39, 0.29) is 12.2 Å². The Bertz CT molecular complexity index is 1100. The number of rotatable bonds is 6. The first-order chi connectivity index (χ1) is 15.1. The Balaban J connectivity index is 1.24. The maximum Gasteiger partial charge on any atom is 0.411 e. The quantitative estimate of drug-likeness (QED) is 0.491. The molecule has 1 amide bonds. The summed E-state index contributed by atoms with van der Waals surface area (Å²) in [6.07, 6.45) is 8.49. The van der Waals surface area contributed by atoms with Gasteiger partial charge in [0.25, 0.3) is 0 Å². The van der Waals surface area contributed by atoms with Gasteiger partial charge in [-0.25, -0.2) is 9.78 Å². The van der Waals surface area contributed by atoms with Gasteiger partial charge < -0.3 is 14.4 Å². The molecule has 3 N–H and O–H groups in total. The van der Waals surface area contributed by atoms with Crippen LogP contribution < -0.4 is 10.6 Å². The van der Waals surface area contributed by atoms with Crippen LogP contribution in [0.5, 0.6) is 0 Å². The molecule has 160 valence electrons. The van der Waals surface area contributed by atoms with Gasteiger partial charge in [-0.1, -0.05) is 0 Å². The molecule has 2 aromatic heterocycles. The lowest BCUT2D eigenvalue weighted by Gasteiger charge is -2.26. The van der Waals surface area contributed by atoms with Gasteiger partial charge >= 0.3 is 6.09 Å². The second-order valence-electron chi connectivity index (χ2n) is 7.56. The van der Waals surface area contributed by atoms with Gasteiger partial charge in [0.1, 0.15) is 17.7 Å². The Morgan fingerprint density at radius 3 is 2.84 bits per heavy atom. The lowest BCUT2D eigenvalue weighted by Crippen LogP contribution is -2.27.